The highest BCUT2D eigenvalue weighted by Gasteiger charge is 2.21. The van der Waals surface area contributed by atoms with Crippen LogP contribution in [0.3, 0.4) is 0 Å². The van der Waals surface area contributed by atoms with Crippen molar-refractivity contribution < 1.29 is 14.3 Å². The van der Waals surface area contributed by atoms with Crippen molar-refractivity contribution in [1.82, 2.24) is 9.78 Å². The molecule has 3 aromatic rings. The number of rotatable bonds is 5. The average Bonchev–Trinajstić information content (AvgIpc) is 3.08. The number of ether oxygens (including phenoxy) is 2. The summed E-state index contributed by atoms with van der Waals surface area (Å²) in [5, 5.41) is 7.20. The third-order valence-corrected chi connectivity index (χ3v) is 4.32. The Morgan fingerprint density at radius 3 is 2.93 bits per heavy atom. The molecule has 4 rings (SSSR count). The second-order valence-corrected chi connectivity index (χ2v) is 6.66. The molecule has 1 unspecified atom stereocenters. The molecule has 1 aromatic heterocycles. The molecule has 2 aromatic carbocycles. The van der Waals surface area contributed by atoms with Crippen molar-refractivity contribution in [1.29, 1.82) is 0 Å². The van der Waals surface area contributed by atoms with Gasteiger partial charge in [-0.2, -0.15) is 5.10 Å². The van der Waals surface area contributed by atoms with Crippen molar-refractivity contribution in [3.05, 3.63) is 72.1 Å². The van der Waals surface area contributed by atoms with E-state index >= 15 is 0 Å². The van der Waals surface area contributed by atoms with Gasteiger partial charge in [0.1, 0.15) is 6.61 Å². The average molecular weight is 363 g/mol. The van der Waals surface area contributed by atoms with Crippen molar-refractivity contribution in [3.63, 3.8) is 0 Å². The van der Waals surface area contributed by atoms with E-state index in [2.05, 4.69) is 10.4 Å². The van der Waals surface area contributed by atoms with Gasteiger partial charge in [0.15, 0.2) is 17.6 Å². The molecule has 0 spiro atoms. The fourth-order valence-corrected chi connectivity index (χ4v) is 3.10. The number of carbonyl (C=O) groups is 1. The van der Waals surface area contributed by atoms with Gasteiger partial charge in [0.25, 0.3) is 0 Å². The number of para-hydroxylation sites is 2. The quantitative estimate of drug-likeness (QED) is 0.756. The van der Waals surface area contributed by atoms with Gasteiger partial charge in [-0.25, -0.2) is 0 Å². The van der Waals surface area contributed by atoms with Crippen molar-refractivity contribution in [2.45, 2.75) is 26.0 Å². The van der Waals surface area contributed by atoms with Gasteiger partial charge in [-0.1, -0.05) is 42.0 Å². The van der Waals surface area contributed by atoms with Crippen LogP contribution in [0.2, 0.25) is 0 Å². The van der Waals surface area contributed by atoms with Crippen molar-refractivity contribution in [2.75, 3.05) is 11.9 Å². The zero-order valence-corrected chi connectivity index (χ0v) is 15.1. The summed E-state index contributed by atoms with van der Waals surface area (Å²) in [7, 11) is 0. The van der Waals surface area contributed by atoms with E-state index in [9.17, 15) is 4.79 Å². The molecule has 0 aliphatic carbocycles. The molecule has 138 valence electrons. The maximum Gasteiger partial charge on any atom is 0.228 e. The lowest BCUT2D eigenvalue weighted by Crippen LogP contribution is -2.33. The zero-order chi connectivity index (χ0) is 18.6. The van der Waals surface area contributed by atoms with Gasteiger partial charge in [-0.3, -0.25) is 9.48 Å². The largest absolute Gasteiger partial charge is 0.486 e. The fourth-order valence-electron chi connectivity index (χ4n) is 3.10. The van der Waals surface area contributed by atoms with E-state index in [4.69, 9.17) is 9.47 Å². The second kappa shape index (κ2) is 7.53. The summed E-state index contributed by atoms with van der Waals surface area (Å²) < 4.78 is 13.4. The van der Waals surface area contributed by atoms with Crippen LogP contribution in [0.15, 0.2) is 60.9 Å². The smallest absolute Gasteiger partial charge is 0.228 e. The Hall–Kier alpha value is -3.28. The number of amides is 1. The lowest BCUT2D eigenvalue weighted by Gasteiger charge is -2.26. The normalized spacial score (nSPS) is 15.4. The first-order valence-electron chi connectivity index (χ1n) is 8.92. The number of aromatic nitrogens is 2. The molecule has 6 nitrogen and oxygen atoms in total. The molecular formula is C21H21N3O3. The summed E-state index contributed by atoms with van der Waals surface area (Å²) in [5.41, 5.74) is 2.81. The Balaban J connectivity index is 1.33. The Kier molecular flexibility index (Phi) is 4.78. The summed E-state index contributed by atoms with van der Waals surface area (Å²) in [4.78, 5) is 12.2. The van der Waals surface area contributed by atoms with Crippen LogP contribution in [0.25, 0.3) is 0 Å². The van der Waals surface area contributed by atoms with Gasteiger partial charge in [-0.05, 0) is 24.6 Å². The van der Waals surface area contributed by atoms with Gasteiger partial charge in [0.05, 0.1) is 24.8 Å². The van der Waals surface area contributed by atoms with Crippen LogP contribution in [-0.4, -0.2) is 28.4 Å². The molecule has 1 amide bonds. The summed E-state index contributed by atoms with van der Waals surface area (Å²) in [5.74, 6) is 1.44. The van der Waals surface area contributed by atoms with Crippen molar-refractivity contribution >= 4 is 11.6 Å². The Morgan fingerprint density at radius 1 is 1.22 bits per heavy atom. The number of benzene rings is 2. The second-order valence-electron chi connectivity index (χ2n) is 6.66. The maximum atomic E-state index is 12.2. The topological polar surface area (TPSA) is 65.4 Å². The number of carbonyl (C=O) groups excluding carboxylic acids is 1. The first-order chi connectivity index (χ1) is 13.2. The molecule has 6 heteroatoms. The van der Waals surface area contributed by atoms with Crippen LogP contribution in [0, 0.1) is 6.92 Å². The van der Waals surface area contributed by atoms with Gasteiger partial charge >= 0.3 is 0 Å². The number of aryl methyl sites for hydroxylation is 1. The van der Waals surface area contributed by atoms with Crippen molar-refractivity contribution in [2.24, 2.45) is 0 Å². The maximum absolute atomic E-state index is 12.2. The van der Waals surface area contributed by atoms with Crippen LogP contribution in [0.5, 0.6) is 11.5 Å². The van der Waals surface area contributed by atoms with E-state index in [0.717, 1.165) is 22.6 Å². The predicted octanol–water partition coefficient (Wildman–Crippen LogP) is 3.21. The van der Waals surface area contributed by atoms with Gasteiger partial charge in [0, 0.05) is 6.20 Å². The monoisotopic (exact) mass is 363 g/mol. The number of fused-ring (bicyclic) bond motifs is 1. The number of hydrogen-bond acceptors (Lipinski definition) is 4. The minimum Gasteiger partial charge on any atom is -0.486 e. The third-order valence-electron chi connectivity index (χ3n) is 4.32. The lowest BCUT2D eigenvalue weighted by molar-refractivity contribution is -0.115. The van der Waals surface area contributed by atoms with Gasteiger partial charge < -0.3 is 14.8 Å². The molecule has 1 atom stereocenters. The predicted molar refractivity (Wildman–Crippen MR) is 102 cm³/mol. The number of anilines is 1. The highest BCUT2D eigenvalue weighted by atomic mass is 16.6. The highest BCUT2D eigenvalue weighted by molar-refractivity contribution is 5.92. The van der Waals surface area contributed by atoms with E-state index in [1.54, 1.807) is 17.1 Å². The van der Waals surface area contributed by atoms with E-state index in [-0.39, 0.29) is 12.0 Å². The van der Waals surface area contributed by atoms with Crippen LogP contribution < -0.4 is 14.8 Å². The molecule has 0 saturated heterocycles. The molecular weight excluding hydrogens is 342 g/mol. The van der Waals surface area contributed by atoms with Crippen LogP contribution >= 0.6 is 0 Å². The van der Waals surface area contributed by atoms with E-state index in [1.165, 1.54) is 0 Å². The lowest BCUT2D eigenvalue weighted by atomic mass is 10.1. The molecule has 0 fully saturated rings. The van der Waals surface area contributed by atoms with Gasteiger partial charge in [-0.15, -0.1) is 0 Å². The number of hydrogen-bond donors (Lipinski definition) is 1. The number of nitrogens with zero attached hydrogens (tertiary/aromatic N) is 2. The third kappa shape index (κ3) is 4.28. The summed E-state index contributed by atoms with van der Waals surface area (Å²) in [6.45, 7) is 3.02. The molecule has 1 N–H and O–H groups in total. The summed E-state index contributed by atoms with van der Waals surface area (Å²) in [6.07, 6.45) is 3.66. The minimum absolute atomic E-state index is 0.0636. The molecule has 1 aliphatic rings. The molecule has 27 heavy (non-hydrogen) atoms. The van der Waals surface area contributed by atoms with Crippen LogP contribution in [0.4, 0.5) is 5.69 Å². The van der Waals surface area contributed by atoms with Crippen molar-refractivity contribution in [3.8, 4) is 11.5 Å². The van der Waals surface area contributed by atoms with E-state index < -0.39 is 0 Å². The Bertz CT molecular complexity index is 951. The standard InChI is InChI=1S/C21H21N3O3/c1-15-5-4-6-16(9-15)10-21(25)23-17-11-22-24(12-17)13-18-14-26-19-7-2-3-8-20(19)27-18/h2-9,11-12,18H,10,13-14H2,1H3,(H,23,25). The minimum atomic E-state index is -0.129. The molecule has 0 bridgehead atoms. The highest BCUT2D eigenvalue weighted by Crippen LogP contribution is 2.31. The van der Waals surface area contributed by atoms with Crippen LogP contribution in [-0.2, 0) is 17.8 Å². The first-order valence-corrected chi connectivity index (χ1v) is 8.92. The zero-order valence-electron chi connectivity index (χ0n) is 15.1. The molecule has 2 heterocycles. The molecule has 0 saturated carbocycles. The molecule has 0 radical (unpaired) electrons. The fraction of sp³-hybridized carbons (Fsp3) is 0.238. The van der Waals surface area contributed by atoms with E-state index in [1.807, 2.05) is 55.5 Å². The van der Waals surface area contributed by atoms with E-state index in [0.29, 0.717) is 25.3 Å². The Morgan fingerprint density at radius 2 is 2.07 bits per heavy atom. The van der Waals surface area contributed by atoms with Crippen LogP contribution in [0.1, 0.15) is 11.1 Å². The summed E-state index contributed by atoms with van der Waals surface area (Å²) in [6, 6.07) is 15.6. The Labute approximate surface area is 157 Å². The molecule has 1 aliphatic heterocycles. The first kappa shape index (κ1) is 17.1. The summed E-state index contributed by atoms with van der Waals surface area (Å²) >= 11 is 0. The van der Waals surface area contributed by atoms with Gasteiger partial charge in [0.2, 0.25) is 5.91 Å². The SMILES string of the molecule is Cc1cccc(CC(=O)Nc2cnn(CC3COc4ccccc4O3)c2)c1. The number of nitrogens with one attached hydrogen (secondary N) is 1.